The van der Waals surface area contributed by atoms with Gasteiger partial charge in [-0.3, -0.25) is 25.2 Å². The Morgan fingerprint density at radius 3 is 1.73 bits per heavy atom. The van der Waals surface area contributed by atoms with E-state index in [2.05, 4.69) is 16.2 Å². The number of aryl methyl sites for hydroxylation is 1. The predicted molar refractivity (Wildman–Crippen MR) is 98.6 cm³/mol. The summed E-state index contributed by atoms with van der Waals surface area (Å²) in [4.78, 5) is 35.1. The molecule has 0 unspecified atom stereocenters. The molecule has 0 fully saturated rings. The maximum absolute atomic E-state index is 11.7. The number of nitrogens with one attached hydrogen (secondary N) is 3. The predicted octanol–water partition coefficient (Wildman–Crippen LogP) is 1.86. The second-order valence-electron chi connectivity index (χ2n) is 5.84. The number of carbonyl (C=O) groups excluding carboxylic acids is 3. The molecule has 6 nitrogen and oxygen atoms in total. The van der Waals surface area contributed by atoms with Gasteiger partial charge in [0.1, 0.15) is 0 Å². The number of hydrogen-bond donors (Lipinski definition) is 3. The molecule has 136 valence electrons. The standard InChI is InChI=1S/C20H23N3O3/c24-18(21-15-17-9-5-2-6-10-17)13-14-20(26)23-22-19(25)12-11-16-7-3-1-4-8-16/h1-10H,11-15H2,(H,21,24)(H,22,25)(H,23,26). The molecule has 0 aliphatic heterocycles. The fourth-order valence-corrected chi connectivity index (χ4v) is 2.28. The van der Waals surface area contributed by atoms with Crippen molar-refractivity contribution in [3.8, 4) is 0 Å². The third-order valence-electron chi connectivity index (χ3n) is 3.74. The summed E-state index contributed by atoms with van der Waals surface area (Å²) in [6.45, 7) is 0.428. The van der Waals surface area contributed by atoms with Crippen LogP contribution in [0.15, 0.2) is 60.7 Å². The van der Waals surface area contributed by atoms with Gasteiger partial charge in [-0.2, -0.15) is 0 Å². The summed E-state index contributed by atoms with van der Waals surface area (Å²) in [6, 6.07) is 19.2. The van der Waals surface area contributed by atoms with Crippen LogP contribution >= 0.6 is 0 Å². The molecule has 0 bridgehead atoms. The van der Waals surface area contributed by atoms with E-state index in [1.807, 2.05) is 60.7 Å². The molecule has 0 saturated heterocycles. The minimum absolute atomic E-state index is 0.0135. The van der Waals surface area contributed by atoms with Crippen LogP contribution in [0.2, 0.25) is 0 Å². The van der Waals surface area contributed by atoms with E-state index < -0.39 is 5.91 Å². The highest BCUT2D eigenvalue weighted by molar-refractivity contribution is 5.85. The first-order valence-corrected chi connectivity index (χ1v) is 8.56. The van der Waals surface area contributed by atoms with Gasteiger partial charge in [0.2, 0.25) is 17.7 Å². The first-order valence-electron chi connectivity index (χ1n) is 8.56. The van der Waals surface area contributed by atoms with E-state index >= 15 is 0 Å². The van der Waals surface area contributed by atoms with E-state index in [-0.39, 0.29) is 31.1 Å². The molecule has 0 radical (unpaired) electrons. The average Bonchev–Trinajstić information content (AvgIpc) is 2.69. The molecule has 0 saturated carbocycles. The third-order valence-corrected chi connectivity index (χ3v) is 3.74. The fourth-order valence-electron chi connectivity index (χ4n) is 2.28. The molecular formula is C20H23N3O3. The smallest absolute Gasteiger partial charge is 0.238 e. The number of rotatable bonds is 8. The minimum atomic E-state index is -0.395. The van der Waals surface area contributed by atoms with Gasteiger partial charge < -0.3 is 5.32 Å². The van der Waals surface area contributed by atoms with Gasteiger partial charge in [0.05, 0.1) is 0 Å². The van der Waals surface area contributed by atoms with E-state index in [0.717, 1.165) is 11.1 Å². The minimum Gasteiger partial charge on any atom is -0.352 e. The van der Waals surface area contributed by atoms with Crippen LogP contribution in [0, 0.1) is 0 Å². The lowest BCUT2D eigenvalue weighted by atomic mass is 10.1. The second kappa shape index (κ2) is 10.7. The Hall–Kier alpha value is -3.15. The van der Waals surface area contributed by atoms with Crippen molar-refractivity contribution in [2.45, 2.75) is 32.2 Å². The van der Waals surface area contributed by atoms with Crippen LogP contribution in [0.1, 0.15) is 30.4 Å². The molecule has 6 heteroatoms. The maximum Gasteiger partial charge on any atom is 0.238 e. The quantitative estimate of drug-likeness (QED) is 0.633. The Labute approximate surface area is 153 Å². The van der Waals surface area contributed by atoms with Crippen molar-refractivity contribution in [3.05, 3.63) is 71.8 Å². The molecule has 3 N–H and O–H groups in total. The normalized spacial score (nSPS) is 10.0. The third kappa shape index (κ3) is 7.61. The van der Waals surface area contributed by atoms with Crippen LogP contribution < -0.4 is 16.2 Å². The number of benzene rings is 2. The molecular weight excluding hydrogens is 330 g/mol. The Morgan fingerprint density at radius 1 is 0.615 bits per heavy atom. The van der Waals surface area contributed by atoms with Gasteiger partial charge in [-0.1, -0.05) is 60.7 Å². The van der Waals surface area contributed by atoms with Gasteiger partial charge in [-0.15, -0.1) is 0 Å². The Morgan fingerprint density at radius 2 is 1.12 bits per heavy atom. The molecule has 0 heterocycles. The first kappa shape index (κ1) is 19.2. The van der Waals surface area contributed by atoms with Crippen LogP contribution in [-0.4, -0.2) is 17.7 Å². The lowest BCUT2D eigenvalue weighted by Crippen LogP contribution is -2.42. The van der Waals surface area contributed by atoms with Crippen molar-refractivity contribution in [2.75, 3.05) is 0 Å². The molecule has 2 aromatic rings. The lowest BCUT2D eigenvalue weighted by molar-refractivity contribution is -0.130. The summed E-state index contributed by atoms with van der Waals surface area (Å²) in [5.41, 5.74) is 6.75. The van der Waals surface area contributed by atoms with E-state index in [1.165, 1.54) is 0 Å². The van der Waals surface area contributed by atoms with E-state index in [4.69, 9.17) is 0 Å². The maximum atomic E-state index is 11.7. The van der Waals surface area contributed by atoms with Crippen LogP contribution in [0.5, 0.6) is 0 Å². The highest BCUT2D eigenvalue weighted by Crippen LogP contribution is 2.02. The molecule has 0 spiro atoms. The van der Waals surface area contributed by atoms with Crippen molar-refractivity contribution in [2.24, 2.45) is 0 Å². The molecule has 0 aromatic heterocycles. The molecule has 26 heavy (non-hydrogen) atoms. The fraction of sp³-hybridized carbons (Fsp3) is 0.250. The van der Waals surface area contributed by atoms with Gasteiger partial charge >= 0.3 is 0 Å². The van der Waals surface area contributed by atoms with E-state index in [9.17, 15) is 14.4 Å². The average molecular weight is 353 g/mol. The van der Waals surface area contributed by atoms with Crippen molar-refractivity contribution in [3.63, 3.8) is 0 Å². The summed E-state index contributed by atoms with van der Waals surface area (Å²) in [7, 11) is 0. The lowest BCUT2D eigenvalue weighted by Gasteiger charge is -2.08. The van der Waals surface area contributed by atoms with Gasteiger partial charge in [-0.05, 0) is 17.5 Å². The Balaban J connectivity index is 1.56. The van der Waals surface area contributed by atoms with Crippen LogP contribution in [0.4, 0.5) is 0 Å². The molecule has 0 aliphatic rings. The Kier molecular flexibility index (Phi) is 7.86. The number of hydrogen-bond acceptors (Lipinski definition) is 3. The van der Waals surface area contributed by atoms with Crippen molar-refractivity contribution >= 4 is 17.7 Å². The zero-order valence-corrected chi connectivity index (χ0v) is 14.5. The highest BCUT2D eigenvalue weighted by atomic mass is 16.2. The van der Waals surface area contributed by atoms with Gasteiger partial charge in [0.15, 0.2) is 0 Å². The molecule has 3 amide bonds. The van der Waals surface area contributed by atoms with Crippen LogP contribution in [0.3, 0.4) is 0 Å². The van der Waals surface area contributed by atoms with E-state index in [0.29, 0.717) is 13.0 Å². The van der Waals surface area contributed by atoms with Gasteiger partial charge in [0, 0.05) is 25.8 Å². The zero-order chi connectivity index (χ0) is 18.6. The molecule has 0 atom stereocenters. The molecule has 2 aromatic carbocycles. The molecule has 2 rings (SSSR count). The topological polar surface area (TPSA) is 87.3 Å². The summed E-state index contributed by atoms with van der Waals surface area (Å²) in [6.07, 6.45) is 0.963. The number of carbonyl (C=O) groups is 3. The van der Waals surface area contributed by atoms with Gasteiger partial charge in [0.25, 0.3) is 0 Å². The summed E-state index contributed by atoms with van der Waals surface area (Å²) in [5, 5.41) is 2.75. The number of amides is 3. The number of hydrazine groups is 1. The largest absolute Gasteiger partial charge is 0.352 e. The second-order valence-corrected chi connectivity index (χ2v) is 5.84. The van der Waals surface area contributed by atoms with Gasteiger partial charge in [-0.25, -0.2) is 0 Å². The van der Waals surface area contributed by atoms with Crippen molar-refractivity contribution in [1.29, 1.82) is 0 Å². The van der Waals surface area contributed by atoms with Crippen molar-refractivity contribution < 1.29 is 14.4 Å². The highest BCUT2D eigenvalue weighted by Gasteiger charge is 2.08. The SMILES string of the molecule is O=C(CCC(=O)NNC(=O)CCc1ccccc1)NCc1ccccc1. The van der Waals surface area contributed by atoms with Crippen LogP contribution in [-0.2, 0) is 27.3 Å². The summed E-state index contributed by atoms with van der Waals surface area (Å²) in [5.74, 6) is -0.872. The van der Waals surface area contributed by atoms with E-state index in [1.54, 1.807) is 0 Å². The van der Waals surface area contributed by atoms with Crippen molar-refractivity contribution in [1.82, 2.24) is 16.2 Å². The Bertz CT molecular complexity index is 656. The summed E-state index contributed by atoms with van der Waals surface area (Å²) >= 11 is 0. The molecule has 0 aliphatic carbocycles. The monoisotopic (exact) mass is 353 g/mol. The zero-order valence-electron chi connectivity index (χ0n) is 14.5. The van der Waals surface area contributed by atoms with Crippen LogP contribution in [0.25, 0.3) is 0 Å². The first-order chi connectivity index (χ1) is 12.6. The summed E-state index contributed by atoms with van der Waals surface area (Å²) < 4.78 is 0.